The van der Waals surface area contributed by atoms with Gasteiger partial charge in [-0.15, -0.1) is 0 Å². The number of amides is 1. The Hall–Kier alpha value is -1.68. The first-order valence-corrected chi connectivity index (χ1v) is 5.57. The van der Waals surface area contributed by atoms with Crippen LogP contribution < -0.4 is 11.1 Å². The predicted molar refractivity (Wildman–Crippen MR) is 65.0 cm³/mol. The molecule has 0 radical (unpaired) electrons. The van der Waals surface area contributed by atoms with E-state index in [0.29, 0.717) is 6.42 Å². The Kier molecular flexibility index (Phi) is 3.24. The van der Waals surface area contributed by atoms with Crippen molar-refractivity contribution >= 4 is 11.6 Å². The van der Waals surface area contributed by atoms with E-state index in [9.17, 15) is 9.18 Å². The van der Waals surface area contributed by atoms with E-state index in [0.717, 1.165) is 5.56 Å². The van der Waals surface area contributed by atoms with Crippen LogP contribution >= 0.6 is 0 Å². The van der Waals surface area contributed by atoms with Gasteiger partial charge in [0.1, 0.15) is 5.82 Å². The van der Waals surface area contributed by atoms with E-state index in [1.165, 1.54) is 6.07 Å². The quantitative estimate of drug-likeness (QED) is 0.769. The first-order chi connectivity index (χ1) is 8.06. The third kappa shape index (κ3) is 2.71. The van der Waals surface area contributed by atoms with Crippen LogP contribution in [-0.2, 0) is 4.79 Å². The lowest BCUT2D eigenvalue weighted by Crippen LogP contribution is -2.24. The summed E-state index contributed by atoms with van der Waals surface area (Å²) in [7, 11) is 0. The second kappa shape index (κ2) is 4.67. The number of hydrogen-bond acceptors (Lipinski definition) is 2. The summed E-state index contributed by atoms with van der Waals surface area (Å²) in [5.74, 6) is -0.882. The highest BCUT2D eigenvalue weighted by atomic mass is 19.1. The fraction of sp³-hybridized carbons (Fsp3) is 0.308. The molecule has 90 valence electrons. The zero-order valence-corrected chi connectivity index (χ0v) is 9.61. The summed E-state index contributed by atoms with van der Waals surface area (Å²) in [5.41, 5.74) is 6.70. The van der Waals surface area contributed by atoms with Gasteiger partial charge in [-0.1, -0.05) is 18.2 Å². The molecule has 3 N–H and O–H groups in total. The summed E-state index contributed by atoms with van der Waals surface area (Å²) >= 11 is 0. The molecule has 1 aromatic carbocycles. The normalized spacial score (nSPS) is 22.8. The molecular formula is C13H15FN2O. The maximum Gasteiger partial charge on any atom is 0.231 e. The van der Waals surface area contributed by atoms with Gasteiger partial charge in [0, 0.05) is 6.04 Å². The lowest BCUT2D eigenvalue weighted by atomic mass is 10.1. The van der Waals surface area contributed by atoms with Crippen molar-refractivity contribution in [3.8, 4) is 0 Å². The fourth-order valence-electron chi connectivity index (χ4n) is 1.87. The molecule has 0 heterocycles. The largest absolute Gasteiger partial charge is 0.324 e. The van der Waals surface area contributed by atoms with Gasteiger partial charge in [0.2, 0.25) is 5.91 Å². The summed E-state index contributed by atoms with van der Waals surface area (Å²) in [5, 5.41) is 2.58. The maximum atomic E-state index is 13.5. The van der Waals surface area contributed by atoms with Crippen LogP contribution in [0.25, 0.3) is 0 Å². The lowest BCUT2D eigenvalue weighted by molar-refractivity contribution is -0.118. The number of nitrogens with one attached hydrogen (secondary N) is 1. The molecular weight excluding hydrogens is 219 g/mol. The Morgan fingerprint density at radius 3 is 2.82 bits per heavy atom. The van der Waals surface area contributed by atoms with Crippen molar-refractivity contribution in [3.05, 3.63) is 41.7 Å². The van der Waals surface area contributed by atoms with Crippen LogP contribution in [-0.4, -0.2) is 11.9 Å². The molecule has 0 bridgehead atoms. The van der Waals surface area contributed by atoms with E-state index in [4.69, 9.17) is 5.73 Å². The number of hydrogen-bond donors (Lipinski definition) is 2. The monoisotopic (exact) mass is 234 g/mol. The van der Waals surface area contributed by atoms with Gasteiger partial charge in [-0.05, 0) is 31.0 Å². The smallest absolute Gasteiger partial charge is 0.231 e. The molecule has 1 aliphatic rings. The molecule has 0 saturated heterocycles. The first kappa shape index (κ1) is 11.8. The molecule has 3 nitrogen and oxygen atoms in total. The topological polar surface area (TPSA) is 55.1 Å². The van der Waals surface area contributed by atoms with Crippen molar-refractivity contribution in [1.82, 2.24) is 0 Å². The molecule has 1 aromatic rings. The first-order valence-electron chi connectivity index (χ1n) is 5.57. The van der Waals surface area contributed by atoms with Crippen LogP contribution in [0.15, 0.2) is 30.4 Å². The van der Waals surface area contributed by atoms with Crippen LogP contribution in [0.3, 0.4) is 0 Å². The van der Waals surface area contributed by atoms with Crippen LogP contribution in [0.2, 0.25) is 0 Å². The number of rotatable bonds is 2. The Morgan fingerprint density at radius 1 is 1.47 bits per heavy atom. The summed E-state index contributed by atoms with van der Waals surface area (Å²) in [4.78, 5) is 11.8. The van der Waals surface area contributed by atoms with Crippen molar-refractivity contribution in [1.29, 1.82) is 0 Å². The molecule has 1 amide bonds. The lowest BCUT2D eigenvalue weighted by Gasteiger charge is -2.11. The predicted octanol–water partition coefficient (Wildman–Crippen LogP) is 1.98. The molecule has 0 saturated carbocycles. The number of nitrogens with two attached hydrogens (primary N) is 1. The van der Waals surface area contributed by atoms with Gasteiger partial charge in [-0.25, -0.2) is 4.39 Å². The number of carbonyl (C=O) groups excluding carboxylic acids is 1. The van der Waals surface area contributed by atoms with E-state index in [2.05, 4.69) is 5.32 Å². The van der Waals surface area contributed by atoms with Gasteiger partial charge in [0.15, 0.2) is 0 Å². The molecule has 1 aliphatic carbocycles. The van der Waals surface area contributed by atoms with Gasteiger partial charge in [0.05, 0.1) is 11.6 Å². The fourth-order valence-corrected chi connectivity index (χ4v) is 1.87. The second-order valence-electron chi connectivity index (χ2n) is 4.36. The Morgan fingerprint density at radius 2 is 2.24 bits per heavy atom. The summed E-state index contributed by atoms with van der Waals surface area (Å²) in [6.07, 6.45) is 4.15. The highest BCUT2D eigenvalue weighted by Gasteiger charge is 2.23. The molecule has 2 unspecified atom stereocenters. The van der Waals surface area contributed by atoms with Crippen LogP contribution in [0.4, 0.5) is 10.1 Å². The molecule has 0 spiro atoms. The van der Waals surface area contributed by atoms with E-state index < -0.39 is 5.82 Å². The number of aryl methyl sites for hydroxylation is 1. The van der Waals surface area contributed by atoms with Crippen molar-refractivity contribution < 1.29 is 9.18 Å². The Labute approximate surface area is 99.5 Å². The Bertz CT molecular complexity index is 470. The highest BCUT2D eigenvalue weighted by molar-refractivity contribution is 5.94. The zero-order chi connectivity index (χ0) is 12.4. The van der Waals surface area contributed by atoms with Crippen LogP contribution in [0, 0.1) is 18.7 Å². The summed E-state index contributed by atoms with van der Waals surface area (Å²) in [6.45, 7) is 1.80. The van der Waals surface area contributed by atoms with Gasteiger partial charge in [-0.3, -0.25) is 4.79 Å². The maximum absolute atomic E-state index is 13.5. The number of halogens is 1. The number of benzene rings is 1. The van der Waals surface area contributed by atoms with Gasteiger partial charge < -0.3 is 11.1 Å². The average molecular weight is 234 g/mol. The zero-order valence-electron chi connectivity index (χ0n) is 9.61. The SMILES string of the molecule is Cc1ccc(NC(=O)C2C=CC(N)C2)c(F)c1. The molecule has 0 aliphatic heterocycles. The second-order valence-corrected chi connectivity index (χ2v) is 4.36. The van der Waals surface area contributed by atoms with Crippen molar-refractivity contribution in [2.24, 2.45) is 11.7 Å². The Balaban J connectivity index is 2.06. The average Bonchev–Trinajstić information content (AvgIpc) is 2.69. The number of carbonyl (C=O) groups is 1. The van der Waals surface area contributed by atoms with Crippen molar-refractivity contribution in [2.45, 2.75) is 19.4 Å². The molecule has 2 atom stereocenters. The van der Waals surface area contributed by atoms with E-state index in [1.54, 1.807) is 31.2 Å². The summed E-state index contributed by atoms with van der Waals surface area (Å²) < 4.78 is 13.5. The van der Waals surface area contributed by atoms with Gasteiger partial charge in [0.25, 0.3) is 0 Å². The molecule has 0 fully saturated rings. The number of anilines is 1. The van der Waals surface area contributed by atoms with Crippen molar-refractivity contribution in [2.75, 3.05) is 5.32 Å². The minimum absolute atomic E-state index is 0.0754. The van der Waals surface area contributed by atoms with Gasteiger partial charge in [-0.2, -0.15) is 0 Å². The standard InChI is InChI=1S/C13H15FN2O/c1-8-2-5-12(11(14)6-8)16-13(17)9-3-4-10(15)7-9/h2-6,9-10H,7,15H2,1H3,(H,16,17). The van der Waals surface area contributed by atoms with Crippen LogP contribution in [0.5, 0.6) is 0 Å². The minimum Gasteiger partial charge on any atom is -0.324 e. The third-order valence-electron chi connectivity index (χ3n) is 2.84. The third-order valence-corrected chi connectivity index (χ3v) is 2.84. The minimum atomic E-state index is -0.412. The van der Waals surface area contributed by atoms with E-state index in [1.807, 2.05) is 0 Å². The highest BCUT2D eigenvalue weighted by Crippen LogP contribution is 2.20. The molecule has 2 rings (SSSR count). The summed E-state index contributed by atoms with van der Waals surface area (Å²) in [6, 6.07) is 4.65. The van der Waals surface area contributed by atoms with Gasteiger partial charge >= 0.3 is 0 Å². The van der Waals surface area contributed by atoms with Crippen molar-refractivity contribution in [3.63, 3.8) is 0 Å². The molecule has 4 heteroatoms. The van der Waals surface area contributed by atoms with E-state index >= 15 is 0 Å². The molecule has 0 aromatic heterocycles. The van der Waals surface area contributed by atoms with Crippen LogP contribution in [0.1, 0.15) is 12.0 Å². The van der Waals surface area contributed by atoms with E-state index in [-0.39, 0.29) is 23.6 Å². The molecule has 17 heavy (non-hydrogen) atoms.